The van der Waals surface area contributed by atoms with Gasteiger partial charge >= 0.3 is 0 Å². The highest BCUT2D eigenvalue weighted by molar-refractivity contribution is 7.99. The second-order valence-electron chi connectivity index (χ2n) is 3.60. The molecule has 0 atom stereocenters. The summed E-state index contributed by atoms with van der Waals surface area (Å²) >= 11 is 1.40. The zero-order chi connectivity index (χ0) is 12.3. The van der Waals surface area contributed by atoms with Crippen LogP contribution in [0.15, 0.2) is 45.3 Å². The summed E-state index contributed by atoms with van der Waals surface area (Å²) in [4.78, 5) is 18.9. The van der Waals surface area contributed by atoms with Crippen LogP contribution in [0.5, 0.6) is 0 Å². The molecule has 4 nitrogen and oxygen atoms in total. The van der Waals surface area contributed by atoms with Gasteiger partial charge in [-0.05, 0) is 24.1 Å². The summed E-state index contributed by atoms with van der Waals surface area (Å²) in [6.45, 7) is 1.99. The maximum atomic E-state index is 11.1. The van der Waals surface area contributed by atoms with Gasteiger partial charge in [-0.3, -0.25) is 4.79 Å². The van der Waals surface area contributed by atoms with Crippen LogP contribution < -0.4 is 5.56 Å². The van der Waals surface area contributed by atoms with Crippen molar-refractivity contribution in [1.29, 1.82) is 0 Å². The normalized spacial score (nSPS) is 10.5. The second kappa shape index (κ2) is 5.16. The zero-order valence-corrected chi connectivity index (χ0v) is 10.1. The number of hydrogen-bond acceptors (Lipinski definition) is 4. The molecule has 2 aromatic rings. The Bertz CT molecular complexity index is 581. The Morgan fingerprint density at radius 3 is 2.88 bits per heavy atom. The Kier molecular flexibility index (Phi) is 3.61. The van der Waals surface area contributed by atoms with E-state index in [-0.39, 0.29) is 12.2 Å². The van der Waals surface area contributed by atoms with Gasteiger partial charge in [0.1, 0.15) is 0 Å². The number of benzene rings is 1. The van der Waals surface area contributed by atoms with Crippen LogP contribution in [0.3, 0.4) is 0 Å². The number of aromatic amines is 1. The molecule has 0 aliphatic rings. The topological polar surface area (TPSA) is 66.0 Å². The number of hydrogen-bond donors (Lipinski definition) is 2. The lowest BCUT2D eigenvalue weighted by Crippen LogP contribution is -2.05. The molecule has 0 fully saturated rings. The first-order valence-corrected chi connectivity index (χ1v) is 5.94. The monoisotopic (exact) mass is 248 g/mol. The SMILES string of the molecule is Cc1cc(CO)ccc1Sc1nccc(=O)[nH]1. The number of aryl methyl sites for hydroxylation is 1. The molecule has 2 N–H and O–H groups in total. The van der Waals surface area contributed by atoms with Crippen molar-refractivity contribution in [2.24, 2.45) is 0 Å². The number of aliphatic hydroxyl groups is 1. The minimum atomic E-state index is -0.160. The van der Waals surface area contributed by atoms with E-state index in [0.29, 0.717) is 5.16 Å². The van der Waals surface area contributed by atoms with Gasteiger partial charge < -0.3 is 10.1 Å². The van der Waals surface area contributed by atoms with Crippen LogP contribution in [-0.4, -0.2) is 15.1 Å². The summed E-state index contributed by atoms with van der Waals surface area (Å²) < 4.78 is 0. The van der Waals surface area contributed by atoms with Crippen molar-refractivity contribution >= 4 is 11.8 Å². The predicted molar refractivity (Wildman–Crippen MR) is 66.1 cm³/mol. The van der Waals surface area contributed by atoms with E-state index in [1.165, 1.54) is 24.0 Å². The zero-order valence-electron chi connectivity index (χ0n) is 9.30. The van der Waals surface area contributed by atoms with Crippen LogP contribution in [0.4, 0.5) is 0 Å². The van der Waals surface area contributed by atoms with Gasteiger partial charge in [0.05, 0.1) is 6.61 Å². The van der Waals surface area contributed by atoms with Crippen molar-refractivity contribution < 1.29 is 5.11 Å². The molecule has 1 aromatic heterocycles. The summed E-state index contributed by atoms with van der Waals surface area (Å²) in [7, 11) is 0. The van der Waals surface area contributed by atoms with Gasteiger partial charge in [-0.15, -0.1) is 0 Å². The van der Waals surface area contributed by atoms with Crippen molar-refractivity contribution in [1.82, 2.24) is 9.97 Å². The van der Waals surface area contributed by atoms with Crippen molar-refractivity contribution in [3.05, 3.63) is 51.9 Å². The van der Waals surface area contributed by atoms with Crippen LogP contribution >= 0.6 is 11.8 Å². The maximum Gasteiger partial charge on any atom is 0.251 e. The smallest absolute Gasteiger partial charge is 0.251 e. The molecule has 1 heterocycles. The van der Waals surface area contributed by atoms with Crippen LogP contribution in [-0.2, 0) is 6.61 Å². The van der Waals surface area contributed by atoms with E-state index in [9.17, 15) is 4.79 Å². The standard InChI is InChI=1S/C12H12N2O2S/c1-8-6-9(7-15)2-3-10(8)17-12-13-5-4-11(16)14-12/h2-6,15H,7H2,1H3,(H,13,14,16). The second-order valence-corrected chi connectivity index (χ2v) is 4.63. The lowest BCUT2D eigenvalue weighted by molar-refractivity contribution is 0.281. The van der Waals surface area contributed by atoms with Crippen molar-refractivity contribution in [2.75, 3.05) is 0 Å². The molecular weight excluding hydrogens is 236 g/mol. The first kappa shape index (κ1) is 11.9. The van der Waals surface area contributed by atoms with E-state index in [1.54, 1.807) is 0 Å². The molecule has 0 spiro atoms. The van der Waals surface area contributed by atoms with Gasteiger partial charge in [0.15, 0.2) is 5.16 Å². The average molecular weight is 248 g/mol. The molecule has 0 saturated carbocycles. The summed E-state index contributed by atoms with van der Waals surface area (Å²) in [5.41, 5.74) is 1.77. The van der Waals surface area contributed by atoms with Gasteiger partial charge in [-0.25, -0.2) is 4.98 Å². The number of rotatable bonds is 3. The largest absolute Gasteiger partial charge is 0.392 e. The Morgan fingerprint density at radius 2 is 2.24 bits per heavy atom. The third kappa shape index (κ3) is 2.95. The third-order valence-electron chi connectivity index (χ3n) is 2.28. The molecular formula is C12H12N2O2S. The van der Waals surface area contributed by atoms with E-state index < -0.39 is 0 Å². The van der Waals surface area contributed by atoms with Gasteiger partial charge in [0, 0.05) is 17.2 Å². The van der Waals surface area contributed by atoms with Gasteiger partial charge in [-0.1, -0.05) is 23.9 Å². The van der Waals surface area contributed by atoms with Gasteiger partial charge in [-0.2, -0.15) is 0 Å². The number of H-pyrrole nitrogens is 1. The van der Waals surface area contributed by atoms with Crippen LogP contribution in [0.25, 0.3) is 0 Å². The molecule has 0 aliphatic heterocycles. The van der Waals surface area contributed by atoms with Crippen LogP contribution in [0.2, 0.25) is 0 Å². The average Bonchev–Trinajstić information content (AvgIpc) is 2.32. The molecule has 1 aromatic carbocycles. The highest BCUT2D eigenvalue weighted by atomic mass is 32.2. The Balaban J connectivity index is 2.27. The highest BCUT2D eigenvalue weighted by Gasteiger charge is 2.03. The van der Waals surface area contributed by atoms with E-state index in [2.05, 4.69) is 9.97 Å². The third-order valence-corrected chi connectivity index (χ3v) is 3.36. The summed E-state index contributed by atoms with van der Waals surface area (Å²) in [5, 5.41) is 9.58. The molecule has 88 valence electrons. The molecule has 0 saturated heterocycles. The lowest BCUT2D eigenvalue weighted by Gasteiger charge is -2.06. The predicted octanol–water partition coefficient (Wildman–Crippen LogP) is 1.72. The Labute approximate surface area is 103 Å². The van der Waals surface area contributed by atoms with Crippen LogP contribution in [0.1, 0.15) is 11.1 Å². The van der Waals surface area contributed by atoms with E-state index in [4.69, 9.17) is 5.11 Å². The van der Waals surface area contributed by atoms with E-state index in [0.717, 1.165) is 16.0 Å². The summed E-state index contributed by atoms with van der Waals surface area (Å²) in [6.07, 6.45) is 1.48. The molecule has 0 radical (unpaired) electrons. The molecule has 17 heavy (non-hydrogen) atoms. The molecule has 0 amide bonds. The molecule has 5 heteroatoms. The molecule has 0 unspecified atom stereocenters. The first-order valence-electron chi connectivity index (χ1n) is 5.12. The summed E-state index contributed by atoms with van der Waals surface area (Å²) in [6, 6.07) is 7.07. The fraction of sp³-hybridized carbons (Fsp3) is 0.167. The molecule has 0 bridgehead atoms. The Hall–Kier alpha value is -1.59. The number of aliphatic hydroxyl groups excluding tert-OH is 1. The van der Waals surface area contributed by atoms with E-state index in [1.807, 2.05) is 25.1 Å². The molecule has 0 aliphatic carbocycles. The number of nitrogens with zero attached hydrogens (tertiary/aromatic N) is 1. The fourth-order valence-corrected chi connectivity index (χ4v) is 2.26. The van der Waals surface area contributed by atoms with Crippen LogP contribution in [0, 0.1) is 6.92 Å². The van der Waals surface area contributed by atoms with E-state index >= 15 is 0 Å². The number of nitrogens with one attached hydrogen (secondary N) is 1. The van der Waals surface area contributed by atoms with Gasteiger partial charge in [0.2, 0.25) is 0 Å². The first-order chi connectivity index (χ1) is 8.19. The van der Waals surface area contributed by atoms with Crippen molar-refractivity contribution in [3.8, 4) is 0 Å². The fourth-order valence-electron chi connectivity index (χ4n) is 1.43. The quantitative estimate of drug-likeness (QED) is 0.812. The van der Waals surface area contributed by atoms with Crippen molar-refractivity contribution in [2.45, 2.75) is 23.6 Å². The lowest BCUT2D eigenvalue weighted by atomic mass is 10.1. The minimum Gasteiger partial charge on any atom is -0.392 e. The Morgan fingerprint density at radius 1 is 1.41 bits per heavy atom. The maximum absolute atomic E-state index is 11.1. The van der Waals surface area contributed by atoms with Gasteiger partial charge in [0.25, 0.3) is 5.56 Å². The summed E-state index contributed by atoms with van der Waals surface area (Å²) in [5.74, 6) is 0. The molecule has 2 rings (SSSR count). The minimum absolute atomic E-state index is 0.0339. The highest BCUT2D eigenvalue weighted by Crippen LogP contribution is 2.27. The van der Waals surface area contributed by atoms with Crippen molar-refractivity contribution in [3.63, 3.8) is 0 Å². The number of aromatic nitrogens is 2.